The fourth-order valence-electron chi connectivity index (χ4n) is 2.20. The monoisotopic (exact) mass is 260 g/mol. The van der Waals surface area contributed by atoms with Gasteiger partial charge in [0, 0.05) is 11.3 Å². The SMILES string of the molecule is NNc1nc(CC(F)(F)F)nc2c1CCCCC2. The van der Waals surface area contributed by atoms with Gasteiger partial charge in [-0.3, -0.25) is 0 Å². The molecule has 4 nitrogen and oxygen atoms in total. The van der Waals surface area contributed by atoms with Crippen LogP contribution in [0.1, 0.15) is 36.3 Å². The Morgan fingerprint density at radius 3 is 2.50 bits per heavy atom. The highest BCUT2D eigenvalue weighted by Gasteiger charge is 2.30. The highest BCUT2D eigenvalue weighted by Crippen LogP contribution is 2.26. The molecule has 0 fully saturated rings. The molecule has 0 bridgehead atoms. The average molecular weight is 260 g/mol. The lowest BCUT2D eigenvalue weighted by Gasteiger charge is -2.13. The summed E-state index contributed by atoms with van der Waals surface area (Å²) in [5.74, 6) is 5.46. The molecular weight excluding hydrogens is 245 g/mol. The van der Waals surface area contributed by atoms with Crippen LogP contribution in [0.3, 0.4) is 0 Å². The van der Waals surface area contributed by atoms with Crippen LogP contribution in [-0.4, -0.2) is 16.1 Å². The summed E-state index contributed by atoms with van der Waals surface area (Å²) >= 11 is 0. The molecule has 0 aromatic carbocycles. The number of anilines is 1. The van der Waals surface area contributed by atoms with Crippen LogP contribution >= 0.6 is 0 Å². The number of rotatable bonds is 2. The number of nitrogens with two attached hydrogens (primary N) is 1. The number of hydrazine groups is 1. The van der Waals surface area contributed by atoms with Crippen molar-refractivity contribution in [3.05, 3.63) is 17.1 Å². The first kappa shape index (κ1) is 13.1. The molecular formula is C11H15F3N4. The number of hydrogen-bond acceptors (Lipinski definition) is 4. The Kier molecular flexibility index (Phi) is 3.70. The van der Waals surface area contributed by atoms with Gasteiger partial charge in [0.2, 0.25) is 0 Å². The number of hydrogen-bond donors (Lipinski definition) is 2. The van der Waals surface area contributed by atoms with Crippen molar-refractivity contribution >= 4 is 5.82 Å². The van der Waals surface area contributed by atoms with Crippen LogP contribution in [0.2, 0.25) is 0 Å². The normalized spacial score (nSPS) is 16.0. The maximum Gasteiger partial charge on any atom is 0.396 e. The smallest absolute Gasteiger partial charge is 0.308 e. The molecule has 0 saturated heterocycles. The molecule has 3 N–H and O–H groups in total. The maximum absolute atomic E-state index is 12.4. The van der Waals surface area contributed by atoms with Crippen molar-refractivity contribution in [1.82, 2.24) is 9.97 Å². The van der Waals surface area contributed by atoms with E-state index >= 15 is 0 Å². The van der Waals surface area contributed by atoms with Crippen molar-refractivity contribution in [2.45, 2.75) is 44.7 Å². The number of aromatic nitrogens is 2. The summed E-state index contributed by atoms with van der Waals surface area (Å²) in [6, 6.07) is 0. The van der Waals surface area contributed by atoms with Crippen LogP contribution < -0.4 is 11.3 Å². The van der Waals surface area contributed by atoms with Crippen LogP contribution in [0.15, 0.2) is 0 Å². The molecule has 0 amide bonds. The molecule has 0 radical (unpaired) electrons. The van der Waals surface area contributed by atoms with Crippen LogP contribution in [0.4, 0.5) is 19.0 Å². The van der Waals surface area contributed by atoms with Gasteiger partial charge >= 0.3 is 6.18 Å². The van der Waals surface area contributed by atoms with Gasteiger partial charge in [-0.05, 0) is 25.7 Å². The van der Waals surface area contributed by atoms with E-state index in [9.17, 15) is 13.2 Å². The minimum absolute atomic E-state index is 0.212. The fourth-order valence-corrected chi connectivity index (χ4v) is 2.20. The first-order valence-electron chi connectivity index (χ1n) is 5.91. The zero-order valence-electron chi connectivity index (χ0n) is 9.85. The topological polar surface area (TPSA) is 63.8 Å². The second-order valence-corrected chi connectivity index (χ2v) is 4.41. The molecule has 1 aromatic rings. The average Bonchev–Trinajstić information content (AvgIpc) is 2.50. The lowest BCUT2D eigenvalue weighted by molar-refractivity contribution is -0.128. The molecule has 0 spiro atoms. The predicted octanol–water partition coefficient (Wildman–Crippen LogP) is 2.14. The molecule has 18 heavy (non-hydrogen) atoms. The van der Waals surface area contributed by atoms with E-state index in [0.717, 1.165) is 31.2 Å². The molecule has 1 aliphatic rings. The highest BCUT2D eigenvalue weighted by molar-refractivity contribution is 5.46. The second kappa shape index (κ2) is 5.09. The van der Waals surface area contributed by atoms with Gasteiger partial charge in [-0.25, -0.2) is 15.8 Å². The Bertz CT molecular complexity index is 431. The second-order valence-electron chi connectivity index (χ2n) is 4.41. The number of fused-ring (bicyclic) bond motifs is 1. The summed E-state index contributed by atoms with van der Waals surface area (Å²) in [4.78, 5) is 7.90. The van der Waals surface area contributed by atoms with Gasteiger partial charge in [-0.15, -0.1) is 0 Å². The minimum Gasteiger partial charge on any atom is -0.308 e. The van der Waals surface area contributed by atoms with Gasteiger partial charge in [0.15, 0.2) is 0 Å². The molecule has 100 valence electrons. The van der Waals surface area contributed by atoms with Crippen molar-refractivity contribution in [1.29, 1.82) is 0 Å². The van der Waals surface area contributed by atoms with Crippen LogP contribution in [0.25, 0.3) is 0 Å². The Balaban J connectivity index is 2.37. The van der Waals surface area contributed by atoms with Crippen molar-refractivity contribution in [2.75, 3.05) is 5.43 Å². The van der Waals surface area contributed by atoms with E-state index in [4.69, 9.17) is 5.84 Å². The molecule has 0 saturated carbocycles. The lowest BCUT2D eigenvalue weighted by Crippen LogP contribution is -2.19. The zero-order chi connectivity index (χ0) is 13.2. The van der Waals surface area contributed by atoms with E-state index in [1.54, 1.807) is 0 Å². The summed E-state index contributed by atoms with van der Waals surface area (Å²) in [6.45, 7) is 0. The molecule has 7 heteroatoms. The van der Waals surface area contributed by atoms with Gasteiger partial charge in [0.05, 0.1) is 0 Å². The molecule has 2 rings (SSSR count). The maximum atomic E-state index is 12.4. The predicted molar refractivity (Wildman–Crippen MR) is 60.9 cm³/mol. The lowest BCUT2D eigenvalue weighted by atomic mass is 10.1. The Morgan fingerprint density at radius 2 is 1.83 bits per heavy atom. The summed E-state index contributed by atoms with van der Waals surface area (Å²) < 4.78 is 37.1. The van der Waals surface area contributed by atoms with E-state index in [-0.39, 0.29) is 5.82 Å². The first-order valence-corrected chi connectivity index (χ1v) is 5.91. The number of halogens is 3. The first-order chi connectivity index (χ1) is 8.49. The Morgan fingerprint density at radius 1 is 1.11 bits per heavy atom. The van der Waals surface area contributed by atoms with Crippen molar-refractivity contribution in [2.24, 2.45) is 5.84 Å². The third kappa shape index (κ3) is 3.10. The number of nitrogen functional groups attached to an aromatic ring is 1. The van der Waals surface area contributed by atoms with Gasteiger partial charge < -0.3 is 5.43 Å². The molecule has 1 aromatic heterocycles. The van der Waals surface area contributed by atoms with E-state index in [1.165, 1.54) is 0 Å². The van der Waals surface area contributed by atoms with E-state index in [0.29, 0.717) is 17.9 Å². The third-order valence-corrected chi connectivity index (χ3v) is 2.97. The van der Waals surface area contributed by atoms with Crippen LogP contribution in [0.5, 0.6) is 0 Å². The molecule has 1 heterocycles. The molecule has 0 atom stereocenters. The van der Waals surface area contributed by atoms with Gasteiger partial charge in [0.25, 0.3) is 0 Å². The van der Waals surface area contributed by atoms with Crippen molar-refractivity contribution < 1.29 is 13.2 Å². The quantitative estimate of drug-likeness (QED) is 0.486. The number of aryl methyl sites for hydroxylation is 1. The molecule has 0 unspecified atom stereocenters. The van der Waals surface area contributed by atoms with Gasteiger partial charge in [-0.2, -0.15) is 13.2 Å². The Hall–Kier alpha value is -1.37. The highest BCUT2D eigenvalue weighted by atomic mass is 19.4. The summed E-state index contributed by atoms with van der Waals surface area (Å²) in [7, 11) is 0. The van der Waals surface area contributed by atoms with Crippen molar-refractivity contribution in [3.8, 4) is 0 Å². The van der Waals surface area contributed by atoms with Gasteiger partial charge in [-0.1, -0.05) is 6.42 Å². The summed E-state index contributed by atoms with van der Waals surface area (Å²) in [6.07, 6.45) is -0.976. The van der Waals surface area contributed by atoms with Crippen LogP contribution in [-0.2, 0) is 19.3 Å². The number of nitrogens with zero attached hydrogens (tertiary/aromatic N) is 2. The van der Waals surface area contributed by atoms with E-state index in [2.05, 4.69) is 15.4 Å². The summed E-state index contributed by atoms with van der Waals surface area (Å²) in [5.41, 5.74) is 3.96. The number of nitrogens with one attached hydrogen (secondary N) is 1. The fraction of sp³-hybridized carbons (Fsp3) is 0.636. The third-order valence-electron chi connectivity index (χ3n) is 2.97. The van der Waals surface area contributed by atoms with E-state index < -0.39 is 12.6 Å². The Labute approximate surface area is 103 Å². The number of alkyl halides is 3. The van der Waals surface area contributed by atoms with E-state index in [1.807, 2.05) is 0 Å². The van der Waals surface area contributed by atoms with Gasteiger partial charge in [0.1, 0.15) is 18.1 Å². The molecule has 0 aliphatic heterocycles. The standard InChI is InChI=1S/C11H15F3N4/c12-11(13,14)6-9-16-8-5-3-1-2-4-7(8)10(17-9)18-15/h1-6,15H2,(H,16,17,18). The molecule has 1 aliphatic carbocycles. The van der Waals surface area contributed by atoms with Crippen LogP contribution in [0, 0.1) is 0 Å². The zero-order valence-corrected chi connectivity index (χ0v) is 9.85. The summed E-state index contributed by atoms with van der Waals surface area (Å²) in [5, 5.41) is 0. The van der Waals surface area contributed by atoms with Crippen molar-refractivity contribution in [3.63, 3.8) is 0 Å². The largest absolute Gasteiger partial charge is 0.396 e. The minimum atomic E-state index is -4.30.